The number of carbonyl (C=O) groups excluding carboxylic acids is 1. The van der Waals surface area contributed by atoms with Gasteiger partial charge in [-0.1, -0.05) is 30.3 Å². The molecule has 78 valence electrons. The Morgan fingerprint density at radius 2 is 1.93 bits per heavy atom. The van der Waals surface area contributed by atoms with Crippen LogP contribution in [0.4, 0.5) is 0 Å². The highest BCUT2D eigenvalue weighted by Crippen LogP contribution is 2.18. The van der Waals surface area contributed by atoms with Crippen molar-refractivity contribution in [3.05, 3.63) is 47.7 Å². The van der Waals surface area contributed by atoms with Crippen LogP contribution in [0, 0.1) is 0 Å². The fraction of sp³-hybridized carbons (Fsp3) is 0.308. The molecule has 15 heavy (non-hydrogen) atoms. The number of hydrogen-bond acceptors (Lipinski definition) is 2. The van der Waals surface area contributed by atoms with Crippen molar-refractivity contribution in [2.75, 3.05) is 0 Å². The van der Waals surface area contributed by atoms with Crippen LogP contribution in [-0.4, -0.2) is 11.9 Å². The molecule has 1 atom stereocenters. The topological polar surface area (TPSA) is 26.3 Å². The van der Waals surface area contributed by atoms with E-state index in [0.29, 0.717) is 0 Å². The summed E-state index contributed by atoms with van der Waals surface area (Å²) in [6, 6.07) is 10.2. The van der Waals surface area contributed by atoms with E-state index in [2.05, 4.69) is 12.1 Å². The van der Waals surface area contributed by atoms with Gasteiger partial charge in [0.1, 0.15) is 5.76 Å². The van der Waals surface area contributed by atoms with Crippen LogP contribution in [0.3, 0.4) is 0 Å². The Morgan fingerprint density at radius 3 is 2.53 bits per heavy atom. The van der Waals surface area contributed by atoms with E-state index in [1.165, 1.54) is 5.56 Å². The molecule has 0 spiro atoms. The standard InChI is InChI=1S/C13H14O2/c1-10-13(14)9-12(15-10)8-7-11-5-3-2-4-6-11/h2-6,9-10H,7-8H2,1H3. The molecule has 0 saturated carbocycles. The van der Waals surface area contributed by atoms with Crippen molar-refractivity contribution in [3.8, 4) is 0 Å². The molecule has 2 nitrogen and oxygen atoms in total. The Kier molecular flexibility index (Phi) is 2.86. The van der Waals surface area contributed by atoms with Gasteiger partial charge in [0.25, 0.3) is 0 Å². The van der Waals surface area contributed by atoms with Gasteiger partial charge in [-0.15, -0.1) is 0 Å². The highest BCUT2D eigenvalue weighted by atomic mass is 16.5. The highest BCUT2D eigenvalue weighted by Gasteiger charge is 2.21. The average molecular weight is 202 g/mol. The van der Waals surface area contributed by atoms with E-state index in [1.54, 1.807) is 13.0 Å². The number of aryl methyl sites for hydroxylation is 1. The summed E-state index contributed by atoms with van der Waals surface area (Å²) < 4.78 is 5.41. The van der Waals surface area contributed by atoms with Crippen LogP contribution in [0.2, 0.25) is 0 Å². The van der Waals surface area contributed by atoms with Crippen molar-refractivity contribution >= 4 is 5.78 Å². The first-order chi connectivity index (χ1) is 7.25. The van der Waals surface area contributed by atoms with Gasteiger partial charge in [0.2, 0.25) is 0 Å². The van der Waals surface area contributed by atoms with E-state index in [4.69, 9.17) is 4.74 Å². The summed E-state index contributed by atoms with van der Waals surface area (Å²) in [7, 11) is 0. The fourth-order valence-corrected chi connectivity index (χ4v) is 1.64. The molecule has 1 aliphatic heterocycles. The predicted octanol–water partition coefficient (Wildman–Crippen LogP) is 2.49. The van der Waals surface area contributed by atoms with Gasteiger partial charge < -0.3 is 4.74 Å². The van der Waals surface area contributed by atoms with Crippen molar-refractivity contribution in [1.29, 1.82) is 0 Å². The molecule has 1 unspecified atom stereocenters. The lowest BCUT2D eigenvalue weighted by molar-refractivity contribution is -0.119. The first-order valence-corrected chi connectivity index (χ1v) is 5.21. The molecule has 2 heteroatoms. The first-order valence-electron chi connectivity index (χ1n) is 5.21. The maximum absolute atomic E-state index is 11.2. The summed E-state index contributed by atoms with van der Waals surface area (Å²) in [6.45, 7) is 1.79. The number of ketones is 1. The summed E-state index contributed by atoms with van der Waals surface area (Å²) >= 11 is 0. The van der Waals surface area contributed by atoms with E-state index in [0.717, 1.165) is 18.6 Å². The van der Waals surface area contributed by atoms with E-state index in [-0.39, 0.29) is 11.9 Å². The number of ether oxygens (including phenoxy) is 1. The molecule has 0 N–H and O–H groups in total. The molecule has 0 aliphatic carbocycles. The molecule has 0 saturated heterocycles. The van der Waals surface area contributed by atoms with Crippen LogP contribution in [-0.2, 0) is 16.0 Å². The van der Waals surface area contributed by atoms with Crippen LogP contribution < -0.4 is 0 Å². The van der Waals surface area contributed by atoms with Gasteiger partial charge in [0.05, 0.1) is 0 Å². The van der Waals surface area contributed by atoms with E-state index < -0.39 is 0 Å². The first kappa shape index (κ1) is 9.97. The second kappa shape index (κ2) is 4.30. The van der Waals surface area contributed by atoms with E-state index in [9.17, 15) is 4.79 Å². The second-order valence-electron chi connectivity index (χ2n) is 3.76. The van der Waals surface area contributed by atoms with Crippen molar-refractivity contribution in [2.45, 2.75) is 25.9 Å². The van der Waals surface area contributed by atoms with Crippen molar-refractivity contribution < 1.29 is 9.53 Å². The summed E-state index contributed by atoms with van der Waals surface area (Å²) in [4.78, 5) is 11.2. The fourth-order valence-electron chi connectivity index (χ4n) is 1.64. The highest BCUT2D eigenvalue weighted by molar-refractivity contribution is 5.95. The van der Waals surface area contributed by atoms with Crippen molar-refractivity contribution in [2.24, 2.45) is 0 Å². The van der Waals surface area contributed by atoms with Crippen LogP contribution in [0.15, 0.2) is 42.2 Å². The zero-order valence-electron chi connectivity index (χ0n) is 8.77. The minimum atomic E-state index is -0.282. The summed E-state index contributed by atoms with van der Waals surface area (Å²) in [5.74, 6) is 0.898. The summed E-state index contributed by atoms with van der Waals surface area (Å²) in [5.41, 5.74) is 1.27. The van der Waals surface area contributed by atoms with Gasteiger partial charge >= 0.3 is 0 Å². The molecule has 0 bridgehead atoms. The predicted molar refractivity (Wildman–Crippen MR) is 58.4 cm³/mol. The molecule has 0 amide bonds. The molecule has 1 aromatic rings. The number of carbonyl (C=O) groups is 1. The largest absolute Gasteiger partial charge is 0.487 e. The van der Waals surface area contributed by atoms with Crippen LogP contribution in [0.1, 0.15) is 18.9 Å². The molecule has 0 fully saturated rings. The molecule has 2 rings (SSSR count). The van der Waals surface area contributed by atoms with Gasteiger partial charge in [-0.25, -0.2) is 0 Å². The SMILES string of the molecule is CC1OC(CCc2ccccc2)=CC1=O. The third kappa shape index (κ3) is 2.46. The molecule has 0 radical (unpaired) electrons. The summed E-state index contributed by atoms with van der Waals surface area (Å²) in [6.07, 6.45) is 3.07. The van der Waals surface area contributed by atoms with Gasteiger partial charge in [-0.3, -0.25) is 4.79 Å². The number of benzene rings is 1. The zero-order chi connectivity index (χ0) is 10.7. The summed E-state index contributed by atoms with van der Waals surface area (Å²) in [5, 5.41) is 0. The monoisotopic (exact) mass is 202 g/mol. The van der Waals surface area contributed by atoms with Gasteiger partial charge in [0, 0.05) is 12.5 Å². The average Bonchev–Trinajstić information content (AvgIpc) is 2.57. The number of rotatable bonds is 3. The van der Waals surface area contributed by atoms with Crippen LogP contribution in [0.5, 0.6) is 0 Å². The lowest BCUT2D eigenvalue weighted by Crippen LogP contribution is -2.10. The van der Waals surface area contributed by atoms with Crippen molar-refractivity contribution in [1.82, 2.24) is 0 Å². The zero-order valence-corrected chi connectivity index (χ0v) is 8.77. The molecule has 0 aromatic heterocycles. The van der Waals surface area contributed by atoms with E-state index >= 15 is 0 Å². The Labute approximate surface area is 89.6 Å². The van der Waals surface area contributed by atoms with Gasteiger partial charge in [-0.05, 0) is 18.9 Å². The quantitative estimate of drug-likeness (QED) is 0.752. The number of allylic oxidation sites excluding steroid dienone is 1. The molecule has 1 aliphatic rings. The van der Waals surface area contributed by atoms with Gasteiger partial charge in [0.15, 0.2) is 11.9 Å². The molecular formula is C13H14O2. The lowest BCUT2D eigenvalue weighted by Gasteiger charge is -2.06. The molecule has 1 heterocycles. The molecular weight excluding hydrogens is 188 g/mol. The lowest BCUT2D eigenvalue weighted by atomic mass is 10.1. The minimum absolute atomic E-state index is 0.0815. The smallest absolute Gasteiger partial charge is 0.199 e. The van der Waals surface area contributed by atoms with E-state index in [1.807, 2.05) is 18.2 Å². The Hall–Kier alpha value is -1.57. The maximum Gasteiger partial charge on any atom is 0.199 e. The van der Waals surface area contributed by atoms with Gasteiger partial charge in [-0.2, -0.15) is 0 Å². The van der Waals surface area contributed by atoms with Crippen LogP contribution in [0.25, 0.3) is 0 Å². The Balaban J connectivity index is 1.90. The molecule has 1 aromatic carbocycles. The third-order valence-corrected chi connectivity index (χ3v) is 2.53. The second-order valence-corrected chi connectivity index (χ2v) is 3.76. The van der Waals surface area contributed by atoms with Crippen LogP contribution >= 0.6 is 0 Å². The Bertz CT molecular complexity index is 379. The maximum atomic E-state index is 11.2. The van der Waals surface area contributed by atoms with Crippen molar-refractivity contribution in [3.63, 3.8) is 0 Å². The normalized spacial score (nSPS) is 19.9. The third-order valence-electron chi connectivity index (χ3n) is 2.53. The number of hydrogen-bond donors (Lipinski definition) is 0. The Morgan fingerprint density at radius 1 is 1.20 bits per heavy atom. The minimum Gasteiger partial charge on any atom is -0.487 e.